The van der Waals surface area contributed by atoms with E-state index in [0.29, 0.717) is 6.54 Å². The Bertz CT molecular complexity index is 502. The van der Waals surface area contributed by atoms with Crippen molar-refractivity contribution in [2.45, 2.75) is 25.7 Å². The van der Waals surface area contributed by atoms with Crippen LogP contribution in [0.4, 0.5) is 0 Å². The normalized spacial score (nSPS) is 12.0. The van der Waals surface area contributed by atoms with Crippen LogP contribution in [0.15, 0.2) is 21.3 Å². The number of rotatable bonds is 4. The van der Waals surface area contributed by atoms with Crippen LogP contribution in [-0.2, 0) is 5.41 Å². The van der Waals surface area contributed by atoms with Crippen molar-refractivity contribution < 1.29 is 0 Å². The van der Waals surface area contributed by atoms with Crippen molar-refractivity contribution in [3.63, 3.8) is 0 Å². The highest BCUT2D eigenvalue weighted by atomic mass is 79.9. The molecule has 2 rings (SSSR count). The van der Waals surface area contributed by atoms with Gasteiger partial charge in [-0.3, -0.25) is 0 Å². The van der Waals surface area contributed by atoms with Gasteiger partial charge in [-0.05, 0) is 41.0 Å². The highest BCUT2D eigenvalue weighted by Gasteiger charge is 2.23. The van der Waals surface area contributed by atoms with Gasteiger partial charge in [0.1, 0.15) is 0 Å². The maximum absolute atomic E-state index is 5.65. The molecule has 17 heavy (non-hydrogen) atoms. The molecule has 0 bridgehead atoms. The number of hydrogen-bond acceptors (Lipinski definition) is 4. The van der Waals surface area contributed by atoms with E-state index in [9.17, 15) is 0 Å². The molecule has 2 N–H and O–H groups in total. The molecule has 0 fully saturated rings. The predicted octanol–water partition coefficient (Wildman–Crippen LogP) is 4.26. The lowest BCUT2D eigenvalue weighted by molar-refractivity contribution is 0.485. The molecule has 2 nitrogen and oxygen atoms in total. The standard InChI is InChI=1S/C12H15BrN2S2/c1-12(2,5-6-14)11-15-8(7-16-11)9-3-4-10(13)17-9/h3-4,7H,5-6,14H2,1-2H3. The molecule has 92 valence electrons. The summed E-state index contributed by atoms with van der Waals surface area (Å²) in [6.07, 6.45) is 0.966. The minimum atomic E-state index is 0.0756. The predicted molar refractivity (Wildman–Crippen MR) is 79.8 cm³/mol. The van der Waals surface area contributed by atoms with E-state index in [1.165, 1.54) is 9.88 Å². The second-order valence-corrected chi connectivity index (χ2v) is 7.89. The van der Waals surface area contributed by atoms with Gasteiger partial charge in [-0.2, -0.15) is 0 Å². The lowest BCUT2D eigenvalue weighted by Gasteiger charge is -2.20. The van der Waals surface area contributed by atoms with Crippen molar-refractivity contribution in [3.8, 4) is 10.6 Å². The maximum atomic E-state index is 5.65. The molecule has 0 amide bonds. The molecule has 0 aliphatic rings. The van der Waals surface area contributed by atoms with Crippen LogP contribution in [0.5, 0.6) is 0 Å². The number of halogens is 1. The number of thiophene rings is 1. The van der Waals surface area contributed by atoms with Crippen LogP contribution in [-0.4, -0.2) is 11.5 Å². The van der Waals surface area contributed by atoms with Gasteiger partial charge in [-0.15, -0.1) is 22.7 Å². The van der Waals surface area contributed by atoms with Gasteiger partial charge < -0.3 is 5.73 Å². The Kier molecular flexibility index (Phi) is 4.02. The monoisotopic (exact) mass is 330 g/mol. The highest BCUT2D eigenvalue weighted by molar-refractivity contribution is 9.11. The number of thiazole rings is 1. The fourth-order valence-corrected chi connectivity index (χ4v) is 4.01. The van der Waals surface area contributed by atoms with Crippen molar-refractivity contribution >= 4 is 38.6 Å². The molecule has 0 saturated carbocycles. The average molecular weight is 331 g/mol. The molecule has 0 unspecified atom stereocenters. The van der Waals surface area contributed by atoms with E-state index in [2.05, 4.69) is 47.3 Å². The van der Waals surface area contributed by atoms with Gasteiger partial charge >= 0.3 is 0 Å². The van der Waals surface area contributed by atoms with Gasteiger partial charge in [0.2, 0.25) is 0 Å². The molecule has 2 heterocycles. The van der Waals surface area contributed by atoms with Crippen LogP contribution in [0, 0.1) is 0 Å². The maximum Gasteiger partial charge on any atom is 0.0989 e. The molecule has 0 aliphatic carbocycles. The van der Waals surface area contributed by atoms with E-state index in [1.807, 2.05) is 0 Å². The molecule has 0 saturated heterocycles. The Labute approximate surface area is 118 Å². The zero-order chi connectivity index (χ0) is 12.5. The molecule has 2 aromatic heterocycles. The number of hydrogen-bond donors (Lipinski definition) is 1. The van der Waals surface area contributed by atoms with E-state index in [1.54, 1.807) is 22.7 Å². The van der Waals surface area contributed by atoms with E-state index in [4.69, 9.17) is 10.7 Å². The van der Waals surface area contributed by atoms with Crippen LogP contribution in [0.3, 0.4) is 0 Å². The number of nitrogens with zero attached hydrogens (tertiary/aromatic N) is 1. The summed E-state index contributed by atoms with van der Waals surface area (Å²) < 4.78 is 1.14. The molecular weight excluding hydrogens is 316 g/mol. The molecule has 0 aromatic carbocycles. The van der Waals surface area contributed by atoms with Gasteiger partial charge in [0.15, 0.2) is 0 Å². The Morgan fingerprint density at radius 3 is 2.76 bits per heavy atom. The number of aromatic nitrogens is 1. The molecule has 0 spiro atoms. The lowest BCUT2D eigenvalue weighted by Crippen LogP contribution is -2.21. The molecule has 2 aromatic rings. The van der Waals surface area contributed by atoms with E-state index < -0.39 is 0 Å². The SMILES string of the molecule is CC(C)(CCN)c1nc(-c2ccc(Br)s2)cs1. The fourth-order valence-electron chi connectivity index (χ4n) is 1.62. The van der Waals surface area contributed by atoms with E-state index in [0.717, 1.165) is 15.9 Å². The summed E-state index contributed by atoms with van der Waals surface area (Å²) in [5.41, 5.74) is 6.80. The summed E-state index contributed by atoms with van der Waals surface area (Å²) >= 11 is 6.92. The Morgan fingerprint density at radius 1 is 1.41 bits per heavy atom. The first kappa shape index (κ1) is 13.2. The molecule has 0 atom stereocenters. The van der Waals surface area contributed by atoms with Gasteiger partial charge in [0, 0.05) is 10.8 Å². The van der Waals surface area contributed by atoms with Gasteiger partial charge in [0.05, 0.1) is 19.4 Å². The molecular formula is C12H15BrN2S2. The van der Waals surface area contributed by atoms with Crippen molar-refractivity contribution in [1.29, 1.82) is 0 Å². The van der Waals surface area contributed by atoms with Gasteiger partial charge in [0.25, 0.3) is 0 Å². The summed E-state index contributed by atoms with van der Waals surface area (Å²) in [7, 11) is 0. The third-order valence-electron chi connectivity index (χ3n) is 2.68. The Morgan fingerprint density at radius 2 is 2.18 bits per heavy atom. The first-order valence-corrected chi connectivity index (χ1v) is 7.93. The zero-order valence-corrected chi connectivity index (χ0v) is 13.1. The molecule has 5 heteroatoms. The molecule has 0 radical (unpaired) electrons. The minimum absolute atomic E-state index is 0.0756. The summed E-state index contributed by atoms with van der Waals surface area (Å²) in [5.74, 6) is 0. The first-order chi connectivity index (χ1) is 8.03. The zero-order valence-electron chi connectivity index (χ0n) is 9.87. The van der Waals surface area contributed by atoms with Crippen LogP contribution >= 0.6 is 38.6 Å². The molecule has 0 aliphatic heterocycles. The van der Waals surface area contributed by atoms with Crippen molar-refractivity contribution in [1.82, 2.24) is 4.98 Å². The average Bonchev–Trinajstić information content (AvgIpc) is 2.85. The van der Waals surface area contributed by atoms with E-state index in [-0.39, 0.29) is 5.41 Å². The quantitative estimate of drug-likeness (QED) is 0.909. The number of nitrogens with two attached hydrogens (primary N) is 1. The third kappa shape index (κ3) is 2.96. The van der Waals surface area contributed by atoms with Crippen molar-refractivity contribution in [3.05, 3.63) is 26.3 Å². The summed E-state index contributed by atoms with van der Waals surface area (Å²) in [6, 6.07) is 4.16. The third-order valence-corrected chi connectivity index (χ3v) is 5.53. The highest BCUT2D eigenvalue weighted by Crippen LogP contribution is 2.35. The van der Waals surface area contributed by atoms with Gasteiger partial charge in [-0.25, -0.2) is 4.98 Å². The second-order valence-electron chi connectivity index (χ2n) is 4.56. The van der Waals surface area contributed by atoms with E-state index >= 15 is 0 Å². The Balaban J connectivity index is 2.27. The summed E-state index contributed by atoms with van der Waals surface area (Å²) in [5, 5.41) is 3.30. The first-order valence-electron chi connectivity index (χ1n) is 5.45. The lowest BCUT2D eigenvalue weighted by atomic mass is 9.90. The fraction of sp³-hybridized carbons (Fsp3) is 0.417. The van der Waals surface area contributed by atoms with Crippen molar-refractivity contribution in [2.75, 3.05) is 6.54 Å². The largest absolute Gasteiger partial charge is 0.330 e. The van der Waals surface area contributed by atoms with Crippen LogP contribution in [0.1, 0.15) is 25.3 Å². The second kappa shape index (κ2) is 5.18. The smallest absolute Gasteiger partial charge is 0.0989 e. The Hall–Kier alpha value is -0.230. The van der Waals surface area contributed by atoms with Crippen molar-refractivity contribution in [2.24, 2.45) is 5.73 Å². The topological polar surface area (TPSA) is 38.9 Å². The van der Waals surface area contributed by atoms with Crippen LogP contribution in [0.2, 0.25) is 0 Å². The minimum Gasteiger partial charge on any atom is -0.330 e. The van der Waals surface area contributed by atoms with Gasteiger partial charge in [-0.1, -0.05) is 13.8 Å². The van der Waals surface area contributed by atoms with Crippen LogP contribution in [0.25, 0.3) is 10.6 Å². The summed E-state index contributed by atoms with van der Waals surface area (Å²) in [4.78, 5) is 5.95. The van der Waals surface area contributed by atoms with Crippen LogP contribution < -0.4 is 5.73 Å². The summed E-state index contributed by atoms with van der Waals surface area (Å²) in [6.45, 7) is 5.10.